The smallest absolute Gasteiger partial charge is 0.205 e. The van der Waals surface area contributed by atoms with Crippen molar-refractivity contribution in [1.82, 2.24) is 15.2 Å². The van der Waals surface area contributed by atoms with Crippen LogP contribution < -0.4 is 5.32 Å². The number of nitrogens with zero attached hydrogens (tertiary/aromatic N) is 2. The van der Waals surface area contributed by atoms with Crippen LogP contribution in [0.15, 0.2) is 11.6 Å². The molecule has 1 fully saturated rings. The van der Waals surface area contributed by atoms with E-state index in [9.17, 15) is 4.79 Å². The van der Waals surface area contributed by atoms with Gasteiger partial charge in [-0.3, -0.25) is 9.69 Å². The van der Waals surface area contributed by atoms with Gasteiger partial charge in [0.15, 0.2) is 5.01 Å². The van der Waals surface area contributed by atoms with Crippen LogP contribution in [0.5, 0.6) is 0 Å². The normalized spacial score (nSPS) is 21.4. The molecule has 1 aromatic rings. The lowest BCUT2D eigenvalue weighted by molar-refractivity contribution is 0.0875. The quantitative estimate of drug-likeness (QED) is 0.826. The average molecular weight is 262 g/mol. The first kappa shape index (κ1) is 13.6. The molecule has 0 amide bonds. The molecule has 0 aliphatic carbocycles. The summed E-state index contributed by atoms with van der Waals surface area (Å²) in [4.78, 5) is 18.0. The zero-order chi connectivity index (χ0) is 10.7. The zero-order valence-corrected chi connectivity index (χ0v) is 10.8. The van der Waals surface area contributed by atoms with Crippen molar-refractivity contribution in [2.24, 2.45) is 0 Å². The number of thiazole rings is 1. The van der Waals surface area contributed by atoms with E-state index in [4.69, 9.17) is 0 Å². The summed E-state index contributed by atoms with van der Waals surface area (Å²) in [5, 5.41) is 5.77. The van der Waals surface area contributed by atoms with E-state index in [1.165, 1.54) is 11.3 Å². The average Bonchev–Trinajstić information content (AvgIpc) is 2.74. The maximum atomic E-state index is 11.8. The van der Waals surface area contributed by atoms with E-state index in [-0.39, 0.29) is 18.2 Å². The van der Waals surface area contributed by atoms with Crippen LogP contribution in [0.25, 0.3) is 0 Å². The monoisotopic (exact) mass is 261 g/mol. The van der Waals surface area contributed by atoms with Crippen LogP contribution >= 0.6 is 23.7 Å². The number of carbonyl (C=O) groups is 1. The number of hydrogen-bond acceptors (Lipinski definition) is 5. The first-order chi connectivity index (χ1) is 7.27. The second kappa shape index (κ2) is 6.30. The molecule has 1 aliphatic rings. The van der Waals surface area contributed by atoms with Gasteiger partial charge in [0.05, 0.1) is 6.54 Å². The largest absolute Gasteiger partial charge is 0.314 e. The van der Waals surface area contributed by atoms with Gasteiger partial charge in [-0.1, -0.05) is 0 Å². The first-order valence-corrected chi connectivity index (χ1v) is 6.03. The lowest BCUT2D eigenvalue weighted by Gasteiger charge is -2.32. The fraction of sp³-hybridized carbons (Fsp3) is 0.600. The number of aromatic nitrogens is 1. The van der Waals surface area contributed by atoms with Crippen LogP contribution in [0.2, 0.25) is 0 Å². The minimum Gasteiger partial charge on any atom is -0.314 e. The van der Waals surface area contributed by atoms with Crippen LogP contribution in [0.4, 0.5) is 0 Å². The molecule has 1 N–H and O–H groups in total. The fourth-order valence-corrected chi connectivity index (χ4v) is 2.30. The molecule has 4 nitrogen and oxygen atoms in total. The van der Waals surface area contributed by atoms with Gasteiger partial charge in [0.2, 0.25) is 5.78 Å². The van der Waals surface area contributed by atoms with Crippen LogP contribution in [0.1, 0.15) is 16.7 Å². The highest BCUT2D eigenvalue weighted by molar-refractivity contribution is 7.11. The van der Waals surface area contributed by atoms with Crippen molar-refractivity contribution in [3.05, 3.63) is 16.6 Å². The topological polar surface area (TPSA) is 45.2 Å². The van der Waals surface area contributed by atoms with Crippen LogP contribution in [-0.2, 0) is 0 Å². The Bertz CT molecular complexity index is 331. The number of halogens is 1. The molecule has 1 aliphatic heterocycles. The summed E-state index contributed by atoms with van der Waals surface area (Å²) in [5.41, 5.74) is 0. The number of Topliss-reactive ketones (excluding diaryl/α,β-unsaturated/α-hetero) is 1. The molecule has 1 saturated heterocycles. The van der Waals surface area contributed by atoms with Gasteiger partial charge in [-0.25, -0.2) is 4.98 Å². The molecule has 1 atom stereocenters. The Morgan fingerprint density at radius 1 is 1.75 bits per heavy atom. The van der Waals surface area contributed by atoms with E-state index < -0.39 is 0 Å². The van der Waals surface area contributed by atoms with Gasteiger partial charge in [0.25, 0.3) is 0 Å². The molecule has 0 spiro atoms. The summed E-state index contributed by atoms with van der Waals surface area (Å²) in [7, 11) is 0. The Morgan fingerprint density at radius 3 is 3.19 bits per heavy atom. The third-order valence-electron chi connectivity index (χ3n) is 2.66. The summed E-state index contributed by atoms with van der Waals surface area (Å²) in [6.45, 7) is 5.51. The molecule has 90 valence electrons. The highest BCUT2D eigenvalue weighted by Crippen LogP contribution is 2.08. The van der Waals surface area contributed by atoms with Crippen molar-refractivity contribution >= 4 is 29.5 Å². The molecule has 0 aromatic carbocycles. The summed E-state index contributed by atoms with van der Waals surface area (Å²) in [6, 6.07) is 0.433. The van der Waals surface area contributed by atoms with E-state index in [0.717, 1.165) is 19.6 Å². The molecule has 0 saturated carbocycles. The van der Waals surface area contributed by atoms with Gasteiger partial charge in [-0.2, -0.15) is 0 Å². The second-order valence-corrected chi connectivity index (χ2v) is 4.68. The summed E-state index contributed by atoms with van der Waals surface area (Å²) < 4.78 is 0. The minimum absolute atomic E-state index is 0. The Morgan fingerprint density at radius 2 is 2.56 bits per heavy atom. The Kier molecular flexibility index (Phi) is 5.34. The highest BCUT2D eigenvalue weighted by atomic mass is 35.5. The van der Waals surface area contributed by atoms with E-state index >= 15 is 0 Å². The van der Waals surface area contributed by atoms with Crippen molar-refractivity contribution in [2.75, 3.05) is 26.2 Å². The predicted octanol–water partition coefficient (Wildman–Crippen LogP) is 1.04. The van der Waals surface area contributed by atoms with Gasteiger partial charge in [0, 0.05) is 37.3 Å². The van der Waals surface area contributed by atoms with Gasteiger partial charge in [0.1, 0.15) is 0 Å². The third kappa shape index (κ3) is 3.25. The van der Waals surface area contributed by atoms with Gasteiger partial charge in [-0.15, -0.1) is 23.7 Å². The van der Waals surface area contributed by atoms with Gasteiger partial charge >= 0.3 is 0 Å². The maximum Gasteiger partial charge on any atom is 0.205 e. The molecule has 0 radical (unpaired) electrons. The van der Waals surface area contributed by atoms with Crippen molar-refractivity contribution < 1.29 is 4.79 Å². The van der Waals surface area contributed by atoms with Crippen LogP contribution in [0.3, 0.4) is 0 Å². The van der Waals surface area contributed by atoms with Crippen molar-refractivity contribution in [3.8, 4) is 0 Å². The minimum atomic E-state index is 0. The fourth-order valence-electron chi connectivity index (χ4n) is 1.73. The highest BCUT2D eigenvalue weighted by Gasteiger charge is 2.21. The molecule has 1 unspecified atom stereocenters. The van der Waals surface area contributed by atoms with E-state index in [2.05, 4.69) is 22.1 Å². The third-order valence-corrected chi connectivity index (χ3v) is 3.47. The molecule has 1 aromatic heterocycles. The summed E-state index contributed by atoms with van der Waals surface area (Å²) in [6.07, 6.45) is 1.68. The number of rotatable bonds is 3. The van der Waals surface area contributed by atoms with Crippen LogP contribution in [-0.4, -0.2) is 47.9 Å². The number of piperazine rings is 1. The Labute approximate surface area is 105 Å². The number of nitrogens with one attached hydrogen (secondary N) is 1. The standard InChI is InChI=1S/C10H15N3OS.ClH/c1-8-6-11-2-4-13(8)7-9(14)10-12-3-5-15-10;/h3,5,8,11H,2,4,6-7H2,1H3;1H. The lowest BCUT2D eigenvalue weighted by Crippen LogP contribution is -2.51. The number of carbonyl (C=O) groups excluding carboxylic acids is 1. The SMILES string of the molecule is CC1CNCCN1CC(=O)c1nccs1.Cl. The van der Waals surface area contributed by atoms with Crippen molar-refractivity contribution in [1.29, 1.82) is 0 Å². The summed E-state index contributed by atoms with van der Waals surface area (Å²) >= 11 is 1.42. The molecular weight excluding hydrogens is 246 g/mol. The predicted molar refractivity (Wildman–Crippen MR) is 67.6 cm³/mol. The second-order valence-electron chi connectivity index (χ2n) is 3.78. The Hall–Kier alpha value is -0.490. The molecule has 6 heteroatoms. The molecule has 2 heterocycles. The van der Waals surface area contributed by atoms with Gasteiger partial charge in [-0.05, 0) is 6.92 Å². The van der Waals surface area contributed by atoms with E-state index in [1.807, 2.05) is 5.38 Å². The van der Waals surface area contributed by atoms with E-state index in [1.54, 1.807) is 6.20 Å². The molecule has 0 bridgehead atoms. The van der Waals surface area contributed by atoms with Crippen molar-refractivity contribution in [2.45, 2.75) is 13.0 Å². The first-order valence-electron chi connectivity index (χ1n) is 5.15. The van der Waals surface area contributed by atoms with Gasteiger partial charge < -0.3 is 5.32 Å². The summed E-state index contributed by atoms with van der Waals surface area (Å²) in [5.74, 6) is 0.138. The maximum absolute atomic E-state index is 11.8. The zero-order valence-electron chi connectivity index (χ0n) is 9.18. The molecular formula is C10H16ClN3OS. The number of ketones is 1. The van der Waals surface area contributed by atoms with Crippen molar-refractivity contribution in [3.63, 3.8) is 0 Å². The lowest BCUT2D eigenvalue weighted by atomic mass is 10.2. The van der Waals surface area contributed by atoms with E-state index in [0.29, 0.717) is 17.6 Å². The number of hydrogen-bond donors (Lipinski definition) is 1. The molecule has 2 rings (SSSR count). The molecule has 16 heavy (non-hydrogen) atoms. The van der Waals surface area contributed by atoms with Crippen LogP contribution in [0, 0.1) is 0 Å². The Balaban J connectivity index is 0.00000128.